The molecule has 1 aromatic rings. The van der Waals surface area contributed by atoms with E-state index in [0.29, 0.717) is 18.2 Å². The first-order valence-corrected chi connectivity index (χ1v) is 9.90. The standard InChI is InChI=1S/C21H35N5O.HI/c1-16-10-12-26(13-11-16)17(2)14-23-21(22-3)24-15-18-6-8-19(9-7-18)20(27)25(4)5;/h6-9,16-17H,10-15H2,1-5H3,(H2,22,23,24);1H. The number of nitrogens with one attached hydrogen (secondary N) is 2. The van der Waals surface area contributed by atoms with Crippen molar-refractivity contribution in [1.82, 2.24) is 20.4 Å². The molecule has 1 aliphatic heterocycles. The maximum Gasteiger partial charge on any atom is 0.253 e. The Kier molecular flexibility index (Phi) is 10.8. The van der Waals surface area contributed by atoms with Gasteiger partial charge in [0.05, 0.1) is 0 Å². The summed E-state index contributed by atoms with van der Waals surface area (Å²) in [7, 11) is 5.32. The molecule has 1 aliphatic rings. The lowest BCUT2D eigenvalue weighted by Gasteiger charge is -2.35. The maximum absolute atomic E-state index is 11.9. The van der Waals surface area contributed by atoms with Crippen LogP contribution in [0.3, 0.4) is 0 Å². The van der Waals surface area contributed by atoms with E-state index in [0.717, 1.165) is 24.0 Å². The Labute approximate surface area is 187 Å². The van der Waals surface area contributed by atoms with Gasteiger partial charge >= 0.3 is 0 Å². The van der Waals surface area contributed by atoms with Crippen LogP contribution in [0.15, 0.2) is 29.3 Å². The topological polar surface area (TPSA) is 60.0 Å². The van der Waals surface area contributed by atoms with E-state index in [1.807, 2.05) is 24.3 Å². The molecule has 1 amide bonds. The number of likely N-dealkylation sites (tertiary alicyclic amines) is 1. The van der Waals surface area contributed by atoms with Gasteiger partial charge in [0.25, 0.3) is 5.91 Å². The monoisotopic (exact) mass is 501 g/mol. The van der Waals surface area contributed by atoms with Crippen molar-refractivity contribution >= 4 is 35.8 Å². The van der Waals surface area contributed by atoms with Crippen molar-refractivity contribution < 1.29 is 4.79 Å². The lowest BCUT2D eigenvalue weighted by Crippen LogP contribution is -2.47. The number of rotatable bonds is 6. The Morgan fingerprint density at radius 2 is 1.82 bits per heavy atom. The van der Waals surface area contributed by atoms with Gasteiger partial charge in [0.2, 0.25) is 0 Å². The van der Waals surface area contributed by atoms with Crippen LogP contribution >= 0.6 is 24.0 Å². The average molecular weight is 501 g/mol. The molecule has 1 aromatic carbocycles. The van der Waals surface area contributed by atoms with E-state index in [1.165, 1.54) is 25.9 Å². The fourth-order valence-electron chi connectivity index (χ4n) is 3.27. The third-order valence-electron chi connectivity index (χ3n) is 5.30. The quantitative estimate of drug-likeness (QED) is 0.358. The number of amides is 1. The first kappa shape index (κ1) is 24.7. The van der Waals surface area contributed by atoms with Crippen molar-refractivity contribution in [3.8, 4) is 0 Å². The highest BCUT2D eigenvalue weighted by Gasteiger charge is 2.20. The number of hydrogen-bond donors (Lipinski definition) is 2. The highest BCUT2D eigenvalue weighted by atomic mass is 127. The first-order valence-electron chi connectivity index (χ1n) is 9.90. The molecule has 0 radical (unpaired) electrons. The molecule has 2 rings (SSSR count). The van der Waals surface area contributed by atoms with Crippen LogP contribution < -0.4 is 10.6 Å². The Balaban J connectivity index is 0.00000392. The van der Waals surface area contributed by atoms with E-state index in [1.54, 1.807) is 26.0 Å². The van der Waals surface area contributed by atoms with Gasteiger partial charge in [0, 0.05) is 45.8 Å². The third kappa shape index (κ3) is 7.58. The summed E-state index contributed by atoms with van der Waals surface area (Å²) in [4.78, 5) is 20.4. The van der Waals surface area contributed by atoms with Crippen LogP contribution in [-0.4, -0.2) is 68.5 Å². The van der Waals surface area contributed by atoms with E-state index in [9.17, 15) is 4.79 Å². The fourth-order valence-corrected chi connectivity index (χ4v) is 3.27. The fraction of sp³-hybridized carbons (Fsp3) is 0.619. The van der Waals surface area contributed by atoms with Gasteiger partial charge in [-0.1, -0.05) is 19.1 Å². The molecule has 0 bridgehead atoms. The Hall–Kier alpha value is -1.35. The highest BCUT2D eigenvalue weighted by Crippen LogP contribution is 2.17. The molecule has 1 atom stereocenters. The molecule has 1 saturated heterocycles. The Bertz CT molecular complexity index is 624. The summed E-state index contributed by atoms with van der Waals surface area (Å²) in [5.74, 6) is 1.68. The molecule has 0 saturated carbocycles. The second-order valence-corrected chi connectivity index (χ2v) is 7.77. The summed E-state index contributed by atoms with van der Waals surface area (Å²) in [5.41, 5.74) is 1.82. The lowest BCUT2D eigenvalue weighted by molar-refractivity contribution is 0.0827. The van der Waals surface area contributed by atoms with Gasteiger partial charge in [0.15, 0.2) is 5.96 Å². The molecule has 6 nitrogen and oxygen atoms in total. The van der Waals surface area contributed by atoms with Crippen LogP contribution in [0.4, 0.5) is 0 Å². The predicted octanol–water partition coefficient (Wildman–Crippen LogP) is 2.79. The van der Waals surface area contributed by atoms with Gasteiger partial charge in [0.1, 0.15) is 0 Å². The minimum absolute atomic E-state index is 0. The van der Waals surface area contributed by atoms with Gasteiger partial charge < -0.3 is 15.5 Å². The van der Waals surface area contributed by atoms with E-state index in [-0.39, 0.29) is 29.9 Å². The summed E-state index contributed by atoms with van der Waals surface area (Å²) in [6.07, 6.45) is 2.59. The Morgan fingerprint density at radius 3 is 2.36 bits per heavy atom. The average Bonchev–Trinajstić information content (AvgIpc) is 2.68. The molecule has 0 aromatic heterocycles. The van der Waals surface area contributed by atoms with E-state index in [2.05, 4.69) is 34.4 Å². The molecule has 1 heterocycles. The molecule has 0 spiro atoms. The molecule has 1 fully saturated rings. The smallest absolute Gasteiger partial charge is 0.253 e. The van der Waals surface area contributed by atoms with Crippen molar-refractivity contribution in [2.24, 2.45) is 10.9 Å². The molecule has 1 unspecified atom stereocenters. The Morgan fingerprint density at radius 1 is 1.21 bits per heavy atom. The van der Waals surface area contributed by atoms with Crippen LogP contribution in [0.2, 0.25) is 0 Å². The normalized spacial score (nSPS) is 16.8. The van der Waals surface area contributed by atoms with Crippen LogP contribution in [-0.2, 0) is 6.54 Å². The van der Waals surface area contributed by atoms with Crippen molar-refractivity contribution in [3.05, 3.63) is 35.4 Å². The van der Waals surface area contributed by atoms with Gasteiger partial charge in [-0.05, 0) is 56.5 Å². The van der Waals surface area contributed by atoms with Crippen molar-refractivity contribution in [1.29, 1.82) is 0 Å². The SMILES string of the molecule is CN=C(NCc1ccc(C(=O)N(C)C)cc1)NCC(C)N1CCC(C)CC1.I. The lowest BCUT2D eigenvalue weighted by atomic mass is 9.98. The van der Waals surface area contributed by atoms with Crippen LogP contribution in [0, 0.1) is 5.92 Å². The zero-order valence-corrected chi connectivity index (χ0v) is 20.2. The zero-order chi connectivity index (χ0) is 19.8. The minimum atomic E-state index is 0. The number of guanidine groups is 1. The van der Waals surface area contributed by atoms with E-state index < -0.39 is 0 Å². The molecule has 28 heavy (non-hydrogen) atoms. The van der Waals surface area contributed by atoms with Crippen LogP contribution in [0.5, 0.6) is 0 Å². The number of carbonyl (C=O) groups excluding carboxylic acids is 1. The van der Waals surface area contributed by atoms with Crippen LogP contribution in [0.25, 0.3) is 0 Å². The molecular formula is C21H36IN5O. The first-order chi connectivity index (χ1) is 12.9. The summed E-state index contributed by atoms with van der Waals surface area (Å²) >= 11 is 0. The summed E-state index contributed by atoms with van der Waals surface area (Å²) < 4.78 is 0. The predicted molar refractivity (Wildman–Crippen MR) is 128 cm³/mol. The van der Waals surface area contributed by atoms with E-state index >= 15 is 0 Å². The number of piperidine rings is 1. The summed E-state index contributed by atoms with van der Waals surface area (Å²) in [5, 5.41) is 6.78. The van der Waals surface area contributed by atoms with Crippen LogP contribution in [0.1, 0.15) is 42.6 Å². The molecule has 7 heteroatoms. The second-order valence-electron chi connectivity index (χ2n) is 7.77. The largest absolute Gasteiger partial charge is 0.355 e. The number of hydrogen-bond acceptors (Lipinski definition) is 3. The summed E-state index contributed by atoms with van der Waals surface area (Å²) in [6, 6.07) is 8.19. The van der Waals surface area contributed by atoms with Gasteiger partial charge in [-0.3, -0.25) is 14.7 Å². The van der Waals surface area contributed by atoms with Gasteiger partial charge in [-0.25, -0.2) is 0 Å². The second kappa shape index (κ2) is 12.3. The zero-order valence-electron chi connectivity index (χ0n) is 17.9. The molecule has 0 aliphatic carbocycles. The molecule has 158 valence electrons. The number of carbonyl (C=O) groups is 1. The molecule has 2 N–H and O–H groups in total. The number of halogens is 1. The number of nitrogens with zero attached hydrogens (tertiary/aromatic N) is 3. The molecular weight excluding hydrogens is 465 g/mol. The van der Waals surface area contributed by atoms with Gasteiger partial charge in [-0.15, -0.1) is 24.0 Å². The highest BCUT2D eigenvalue weighted by molar-refractivity contribution is 14.0. The van der Waals surface area contributed by atoms with Crippen molar-refractivity contribution in [3.63, 3.8) is 0 Å². The number of benzene rings is 1. The maximum atomic E-state index is 11.9. The van der Waals surface area contributed by atoms with Crippen molar-refractivity contribution in [2.75, 3.05) is 40.8 Å². The van der Waals surface area contributed by atoms with Crippen molar-refractivity contribution in [2.45, 2.75) is 39.3 Å². The minimum Gasteiger partial charge on any atom is -0.355 e. The number of aliphatic imine (C=N–C) groups is 1. The van der Waals surface area contributed by atoms with Gasteiger partial charge in [-0.2, -0.15) is 0 Å². The summed E-state index contributed by atoms with van der Waals surface area (Å²) in [6.45, 7) is 8.55. The van der Waals surface area contributed by atoms with E-state index in [4.69, 9.17) is 0 Å². The third-order valence-corrected chi connectivity index (χ3v) is 5.30.